The lowest BCUT2D eigenvalue weighted by Gasteiger charge is -2.15. The van der Waals surface area contributed by atoms with Gasteiger partial charge in [-0.25, -0.2) is 4.57 Å². The topological polar surface area (TPSA) is 55.8 Å². The minimum atomic E-state index is -4.33. The van der Waals surface area contributed by atoms with Crippen molar-refractivity contribution in [1.82, 2.24) is 0 Å². The molecule has 1 N–H and O–H groups in total. The van der Waals surface area contributed by atoms with Crippen LogP contribution in [0.4, 0.5) is 0 Å². The molecule has 4 aromatic carbocycles. The van der Waals surface area contributed by atoms with Crippen LogP contribution in [0.2, 0.25) is 0 Å². The summed E-state index contributed by atoms with van der Waals surface area (Å²) in [6.07, 6.45) is 23.1. The lowest BCUT2D eigenvalue weighted by molar-refractivity contribution is 0.294. The molecule has 0 fully saturated rings. The van der Waals surface area contributed by atoms with Gasteiger partial charge in [0.1, 0.15) is 11.5 Å². The third-order valence-electron chi connectivity index (χ3n) is 9.41. The Kier molecular flexibility index (Phi) is 12.4. The highest BCUT2D eigenvalue weighted by Gasteiger charge is 2.34. The Morgan fingerprint density at radius 3 is 1.29 bits per heavy atom. The number of hydrogen-bond donors (Lipinski definition) is 1. The third-order valence-corrected chi connectivity index (χ3v) is 10.3. The standard InChI is InChI=1S/C40H53O4P/c1-3-5-7-9-11-13-15-17-19-31-21-25-35-33(29-31)23-27-37-39(35)40-36-26-22-32(20-18-16-14-12-10-8-6-4-2)30-34(36)24-28-38(40)44-45(41,42)43-37/h21-30H,3-20H2,1-2H3,(H,41,42). The van der Waals surface area contributed by atoms with Crippen molar-refractivity contribution in [3.63, 3.8) is 0 Å². The fourth-order valence-electron chi connectivity index (χ4n) is 6.89. The Hall–Kier alpha value is -2.81. The molecule has 1 aliphatic rings. The molecule has 0 bridgehead atoms. The first kappa shape index (κ1) is 33.6. The monoisotopic (exact) mass is 628 g/mol. The summed E-state index contributed by atoms with van der Waals surface area (Å²) in [5.74, 6) is 0.775. The van der Waals surface area contributed by atoms with E-state index < -0.39 is 7.82 Å². The maximum Gasteiger partial charge on any atom is 0.584 e. The second kappa shape index (κ2) is 16.7. The lowest BCUT2D eigenvalue weighted by Crippen LogP contribution is -1.97. The van der Waals surface area contributed by atoms with Crippen LogP contribution in [-0.2, 0) is 17.4 Å². The molecular weight excluding hydrogens is 575 g/mol. The Balaban J connectivity index is 1.34. The normalized spacial score (nSPS) is 13.7. The number of phosphoric ester groups is 1. The van der Waals surface area contributed by atoms with Crippen LogP contribution < -0.4 is 9.05 Å². The van der Waals surface area contributed by atoms with E-state index in [1.807, 2.05) is 24.3 Å². The van der Waals surface area contributed by atoms with Crippen LogP contribution in [0.1, 0.15) is 128 Å². The summed E-state index contributed by atoms with van der Waals surface area (Å²) in [5.41, 5.74) is 4.32. The molecule has 0 saturated carbocycles. The molecule has 5 rings (SSSR count). The summed E-state index contributed by atoms with van der Waals surface area (Å²) in [6.45, 7) is 4.53. The summed E-state index contributed by atoms with van der Waals surface area (Å²) >= 11 is 0. The zero-order valence-corrected chi connectivity index (χ0v) is 28.5. The van der Waals surface area contributed by atoms with Gasteiger partial charge in [0.25, 0.3) is 0 Å². The van der Waals surface area contributed by atoms with Crippen LogP contribution in [0, 0.1) is 0 Å². The van der Waals surface area contributed by atoms with Gasteiger partial charge in [-0.15, -0.1) is 0 Å². The van der Waals surface area contributed by atoms with E-state index in [9.17, 15) is 9.46 Å². The molecule has 4 nitrogen and oxygen atoms in total. The van der Waals surface area contributed by atoms with E-state index in [1.165, 1.54) is 114 Å². The molecule has 4 aromatic rings. The smallest absolute Gasteiger partial charge is 0.395 e. The van der Waals surface area contributed by atoms with Gasteiger partial charge in [0.15, 0.2) is 0 Å². The SMILES string of the molecule is CCCCCCCCCCc1ccc2c3c(ccc2c1)OP(=O)(O)Oc1ccc2cc(CCCCCCCCCC)ccc2c1-3. The maximum absolute atomic E-state index is 13.0. The molecule has 242 valence electrons. The fourth-order valence-corrected chi connectivity index (χ4v) is 7.73. The summed E-state index contributed by atoms with van der Waals surface area (Å²) in [7, 11) is -4.33. The highest BCUT2D eigenvalue weighted by atomic mass is 31.2. The first-order chi connectivity index (χ1) is 22.0. The van der Waals surface area contributed by atoms with Gasteiger partial charge in [-0.3, -0.25) is 4.89 Å². The predicted molar refractivity (Wildman–Crippen MR) is 191 cm³/mol. The van der Waals surface area contributed by atoms with Crippen molar-refractivity contribution < 1.29 is 18.5 Å². The van der Waals surface area contributed by atoms with E-state index >= 15 is 0 Å². The van der Waals surface area contributed by atoms with Gasteiger partial charge in [-0.1, -0.05) is 152 Å². The van der Waals surface area contributed by atoms with Crippen LogP contribution in [0.5, 0.6) is 11.5 Å². The molecular formula is C40H53O4P. The Morgan fingerprint density at radius 1 is 0.511 bits per heavy atom. The molecule has 0 radical (unpaired) electrons. The van der Waals surface area contributed by atoms with Gasteiger partial charge in [-0.2, -0.15) is 0 Å². The number of aryl methyl sites for hydroxylation is 2. The quantitative estimate of drug-likeness (QED) is 0.0880. The van der Waals surface area contributed by atoms with Crippen molar-refractivity contribution in [2.45, 2.75) is 129 Å². The van der Waals surface area contributed by atoms with Crippen LogP contribution >= 0.6 is 7.82 Å². The van der Waals surface area contributed by atoms with Crippen LogP contribution in [0.25, 0.3) is 32.7 Å². The number of rotatable bonds is 18. The van der Waals surface area contributed by atoms with Crippen molar-refractivity contribution >= 4 is 29.4 Å². The van der Waals surface area contributed by atoms with Gasteiger partial charge >= 0.3 is 7.82 Å². The third kappa shape index (κ3) is 9.14. The molecule has 0 spiro atoms. The number of unbranched alkanes of at least 4 members (excludes halogenated alkanes) is 14. The van der Waals surface area contributed by atoms with E-state index in [0.29, 0.717) is 11.5 Å². The predicted octanol–water partition coefficient (Wildman–Crippen LogP) is 12.9. The molecule has 0 atom stereocenters. The number of phosphoric acid groups is 1. The lowest BCUT2D eigenvalue weighted by atomic mass is 9.90. The number of hydrogen-bond acceptors (Lipinski definition) is 3. The van der Waals surface area contributed by atoms with Gasteiger partial charge < -0.3 is 9.05 Å². The van der Waals surface area contributed by atoms with E-state index in [4.69, 9.17) is 9.05 Å². The van der Waals surface area contributed by atoms with Crippen molar-refractivity contribution in [2.24, 2.45) is 0 Å². The Morgan fingerprint density at radius 2 is 0.889 bits per heavy atom. The second-order valence-electron chi connectivity index (χ2n) is 13.1. The first-order valence-electron chi connectivity index (χ1n) is 17.8. The maximum atomic E-state index is 13.0. The zero-order chi connectivity index (χ0) is 31.5. The minimum Gasteiger partial charge on any atom is -0.395 e. The molecule has 0 aliphatic carbocycles. The zero-order valence-electron chi connectivity index (χ0n) is 27.6. The van der Waals surface area contributed by atoms with Gasteiger partial charge in [-0.05, 0) is 70.5 Å². The Labute approximate surface area is 271 Å². The highest BCUT2D eigenvalue weighted by Crippen LogP contribution is 2.56. The van der Waals surface area contributed by atoms with Gasteiger partial charge in [0, 0.05) is 11.1 Å². The van der Waals surface area contributed by atoms with Gasteiger partial charge in [0.2, 0.25) is 0 Å². The van der Waals surface area contributed by atoms with Crippen LogP contribution in [0.3, 0.4) is 0 Å². The molecule has 0 amide bonds. The summed E-state index contributed by atoms with van der Waals surface area (Å²) in [6, 6.07) is 20.9. The van der Waals surface area contributed by atoms with Gasteiger partial charge in [0.05, 0.1) is 0 Å². The van der Waals surface area contributed by atoms with E-state index in [0.717, 1.165) is 45.5 Å². The van der Waals surface area contributed by atoms with Crippen molar-refractivity contribution in [1.29, 1.82) is 0 Å². The van der Waals surface area contributed by atoms with Crippen LogP contribution in [-0.4, -0.2) is 4.89 Å². The number of benzene rings is 4. The summed E-state index contributed by atoms with van der Waals surface area (Å²) in [5, 5.41) is 4.24. The van der Waals surface area contributed by atoms with Crippen molar-refractivity contribution in [3.8, 4) is 22.6 Å². The summed E-state index contributed by atoms with van der Waals surface area (Å²) < 4.78 is 24.3. The van der Waals surface area contributed by atoms with E-state index in [-0.39, 0.29) is 0 Å². The van der Waals surface area contributed by atoms with Crippen LogP contribution in [0.15, 0.2) is 60.7 Å². The molecule has 0 saturated heterocycles. The number of fused-ring (bicyclic) bond motifs is 7. The van der Waals surface area contributed by atoms with Crippen molar-refractivity contribution in [3.05, 3.63) is 71.8 Å². The van der Waals surface area contributed by atoms with E-state index in [1.54, 1.807) is 0 Å². The van der Waals surface area contributed by atoms with E-state index in [2.05, 4.69) is 50.2 Å². The fraction of sp³-hybridized carbons (Fsp3) is 0.500. The molecule has 1 heterocycles. The first-order valence-corrected chi connectivity index (χ1v) is 19.3. The second-order valence-corrected chi connectivity index (χ2v) is 14.4. The highest BCUT2D eigenvalue weighted by molar-refractivity contribution is 7.48. The molecule has 1 aliphatic heterocycles. The average molecular weight is 629 g/mol. The molecule has 0 unspecified atom stereocenters. The molecule has 5 heteroatoms. The summed E-state index contributed by atoms with van der Waals surface area (Å²) in [4.78, 5) is 10.6. The molecule has 0 aromatic heterocycles. The largest absolute Gasteiger partial charge is 0.584 e. The Bertz CT molecular complexity index is 1480. The van der Waals surface area contributed by atoms with Crippen molar-refractivity contribution in [2.75, 3.05) is 0 Å². The average Bonchev–Trinajstić information content (AvgIpc) is 3.15. The minimum absolute atomic E-state index is 0.387. The molecule has 45 heavy (non-hydrogen) atoms.